The molecule has 0 unspecified atom stereocenters. The Morgan fingerprint density at radius 3 is 1.89 bits per heavy atom. The molecule has 0 bridgehead atoms. The van der Waals surface area contributed by atoms with Gasteiger partial charge in [-0.3, -0.25) is 0 Å². The van der Waals surface area contributed by atoms with Crippen LogP contribution >= 0.6 is 0 Å². The summed E-state index contributed by atoms with van der Waals surface area (Å²) in [6, 6.07) is 15.1. The average Bonchev–Trinajstić information content (AvgIpc) is 2.43. The van der Waals surface area contributed by atoms with Crippen LogP contribution in [0.25, 0.3) is 21.9 Å². The monoisotopic (exact) mass is 258 g/mol. The van der Waals surface area contributed by atoms with Crippen molar-refractivity contribution in [1.29, 1.82) is 0 Å². The van der Waals surface area contributed by atoms with E-state index >= 15 is 0 Å². The largest absolute Gasteiger partial charge is 0.204 e. The van der Waals surface area contributed by atoms with E-state index in [-0.39, 0.29) is 0 Å². The average molecular weight is 258 g/mol. The van der Waals surface area contributed by atoms with Crippen molar-refractivity contribution < 1.29 is 13.2 Å². The van der Waals surface area contributed by atoms with Crippen molar-refractivity contribution in [2.24, 2.45) is 0 Å². The second-order valence-electron chi connectivity index (χ2n) is 4.32. The van der Waals surface area contributed by atoms with Crippen molar-refractivity contribution >= 4 is 10.8 Å². The van der Waals surface area contributed by atoms with Crippen LogP contribution in [0.5, 0.6) is 0 Å². The summed E-state index contributed by atoms with van der Waals surface area (Å²) in [5.74, 6) is -3.80. The second-order valence-corrected chi connectivity index (χ2v) is 4.32. The molecule has 3 rings (SSSR count). The molecule has 0 nitrogen and oxygen atoms in total. The lowest BCUT2D eigenvalue weighted by Crippen LogP contribution is -1.91. The van der Waals surface area contributed by atoms with Gasteiger partial charge in [-0.2, -0.15) is 0 Å². The lowest BCUT2D eigenvalue weighted by Gasteiger charge is -2.05. The molecular weight excluding hydrogens is 249 g/mol. The van der Waals surface area contributed by atoms with Crippen molar-refractivity contribution in [3.05, 3.63) is 72.0 Å². The summed E-state index contributed by atoms with van der Waals surface area (Å²) < 4.78 is 39.4. The predicted octanol–water partition coefficient (Wildman–Crippen LogP) is 4.92. The Bertz CT molecular complexity index is 740. The number of hydrogen-bond acceptors (Lipinski definition) is 0. The van der Waals surface area contributed by atoms with Gasteiger partial charge in [0, 0.05) is 0 Å². The number of rotatable bonds is 1. The molecule has 0 heterocycles. The molecule has 0 aromatic heterocycles. The lowest BCUT2D eigenvalue weighted by atomic mass is 10.0. The summed E-state index contributed by atoms with van der Waals surface area (Å²) in [6.07, 6.45) is 0. The van der Waals surface area contributed by atoms with Crippen LogP contribution in [0.15, 0.2) is 54.6 Å². The topological polar surface area (TPSA) is 0 Å². The number of hydrogen-bond donors (Lipinski definition) is 0. The molecule has 0 saturated heterocycles. The Balaban J connectivity index is 2.19. The maximum Gasteiger partial charge on any atom is 0.194 e. The summed E-state index contributed by atoms with van der Waals surface area (Å²) in [5, 5.41) is 2.00. The van der Waals surface area contributed by atoms with Crippen molar-refractivity contribution in [3.63, 3.8) is 0 Å². The summed E-state index contributed by atoms with van der Waals surface area (Å²) >= 11 is 0. The Hall–Kier alpha value is -2.29. The minimum absolute atomic E-state index is 0.321. The number of halogens is 3. The fourth-order valence-corrected chi connectivity index (χ4v) is 2.09. The van der Waals surface area contributed by atoms with E-state index in [1.807, 2.05) is 36.4 Å². The molecule has 3 aromatic rings. The first kappa shape index (κ1) is 11.8. The van der Waals surface area contributed by atoms with E-state index in [9.17, 15) is 13.2 Å². The van der Waals surface area contributed by atoms with Crippen LogP contribution in [0.3, 0.4) is 0 Å². The first-order chi connectivity index (χ1) is 9.15. The highest BCUT2D eigenvalue weighted by Gasteiger charge is 2.11. The molecule has 0 aliphatic heterocycles. The van der Waals surface area contributed by atoms with Crippen molar-refractivity contribution in [1.82, 2.24) is 0 Å². The highest BCUT2D eigenvalue weighted by molar-refractivity contribution is 5.87. The van der Waals surface area contributed by atoms with Gasteiger partial charge in [0.1, 0.15) is 0 Å². The molecule has 0 radical (unpaired) electrons. The first-order valence-electron chi connectivity index (χ1n) is 5.79. The fraction of sp³-hybridized carbons (Fsp3) is 0. The van der Waals surface area contributed by atoms with Gasteiger partial charge in [0.15, 0.2) is 17.5 Å². The van der Waals surface area contributed by atoms with Gasteiger partial charge in [-0.05, 0) is 40.1 Å². The van der Waals surface area contributed by atoms with Crippen molar-refractivity contribution in [2.45, 2.75) is 0 Å². The Labute approximate surface area is 108 Å². The van der Waals surface area contributed by atoms with Crippen LogP contribution in [0.4, 0.5) is 13.2 Å². The molecule has 3 aromatic carbocycles. The summed E-state index contributed by atoms with van der Waals surface area (Å²) in [5.41, 5.74) is 0.971. The van der Waals surface area contributed by atoms with Crippen LogP contribution in [-0.4, -0.2) is 0 Å². The molecular formula is C16H9F3. The van der Waals surface area contributed by atoms with E-state index in [4.69, 9.17) is 0 Å². The van der Waals surface area contributed by atoms with Gasteiger partial charge in [0.25, 0.3) is 0 Å². The standard InChI is InChI=1S/C16H9F3/c17-14-8-13(9-15(18)16(14)19)12-6-5-10-3-1-2-4-11(10)7-12/h1-9H. The minimum atomic E-state index is -1.44. The van der Waals surface area contributed by atoms with E-state index in [1.54, 1.807) is 6.07 Å². The highest BCUT2D eigenvalue weighted by atomic mass is 19.2. The van der Waals surface area contributed by atoms with Crippen LogP contribution in [-0.2, 0) is 0 Å². The van der Waals surface area contributed by atoms with E-state index < -0.39 is 17.5 Å². The van der Waals surface area contributed by atoms with Crippen molar-refractivity contribution in [2.75, 3.05) is 0 Å². The molecule has 0 spiro atoms. The van der Waals surface area contributed by atoms with Gasteiger partial charge in [0.2, 0.25) is 0 Å². The molecule has 0 atom stereocenters. The van der Waals surface area contributed by atoms with Crippen LogP contribution < -0.4 is 0 Å². The molecule has 0 saturated carbocycles. The lowest BCUT2D eigenvalue weighted by molar-refractivity contribution is 0.448. The molecule has 3 heteroatoms. The van der Waals surface area contributed by atoms with Gasteiger partial charge in [-0.25, -0.2) is 13.2 Å². The maximum absolute atomic E-state index is 13.2. The van der Waals surface area contributed by atoms with Crippen LogP contribution in [0.1, 0.15) is 0 Å². The third-order valence-electron chi connectivity index (χ3n) is 3.07. The van der Waals surface area contributed by atoms with Crippen molar-refractivity contribution in [3.8, 4) is 11.1 Å². The number of benzene rings is 3. The van der Waals surface area contributed by atoms with Gasteiger partial charge in [0.05, 0.1) is 0 Å². The zero-order chi connectivity index (χ0) is 13.4. The first-order valence-corrected chi connectivity index (χ1v) is 5.79. The Kier molecular flexibility index (Phi) is 2.75. The van der Waals surface area contributed by atoms with Crippen LogP contribution in [0, 0.1) is 17.5 Å². The van der Waals surface area contributed by atoms with Crippen LogP contribution in [0.2, 0.25) is 0 Å². The van der Waals surface area contributed by atoms with Gasteiger partial charge in [-0.1, -0.05) is 36.4 Å². The predicted molar refractivity (Wildman–Crippen MR) is 69.3 cm³/mol. The molecule has 0 amide bonds. The van der Waals surface area contributed by atoms with E-state index in [1.165, 1.54) is 0 Å². The van der Waals surface area contributed by atoms with Gasteiger partial charge < -0.3 is 0 Å². The van der Waals surface area contributed by atoms with Gasteiger partial charge in [-0.15, -0.1) is 0 Å². The molecule has 0 fully saturated rings. The Morgan fingerprint density at radius 1 is 0.579 bits per heavy atom. The van der Waals surface area contributed by atoms with E-state index in [2.05, 4.69) is 0 Å². The smallest absolute Gasteiger partial charge is 0.194 e. The summed E-state index contributed by atoms with van der Waals surface area (Å²) in [7, 11) is 0. The normalized spacial score (nSPS) is 10.9. The van der Waals surface area contributed by atoms with Gasteiger partial charge >= 0.3 is 0 Å². The fourth-order valence-electron chi connectivity index (χ4n) is 2.09. The highest BCUT2D eigenvalue weighted by Crippen LogP contribution is 2.26. The SMILES string of the molecule is Fc1cc(-c2ccc3ccccc3c2)cc(F)c1F. The minimum Gasteiger partial charge on any atom is -0.204 e. The summed E-state index contributed by atoms with van der Waals surface area (Å²) in [4.78, 5) is 0. The zero-order valence-electron chi connectivity index (χ0n) is 9.83. The number of fused-ring (bicyclic) bond motifs is 1. The third-order valence-corrected chi connectivity index (χ3v) is 3.07. The zero-order valence-corrected chi connectivity index (χ0v) is 9.83. The quantitative estimate of drug-likeness (QED) is 0.543. The molecule has 19 heavy (non-hydrogen) atoms. The van der Waals surface area contributed by atoms with E-state index in [0.29, 0.717) is 11.1 Å². The Morgan fingerprint density at radius 2 is 1.21 bits per heavy atom. The molecule has 0 aliphatic rings. The second kappa shape index (κ2) is 4.43. The summed E-state index contributed by atoms with van der Waals surface area (Å²) in [6.45, 7) is 0. The molecule has 0 aliphatic carbocycles. The van der Waals surface area contributed by atoms with E-state index in [0.717, 1.165) is 22.9 Å². The molecule has 94 valence electrons. The molecule has 0 N–H and O–H groups in total. The maximum atomic E-state index is 13.2. The third kappa shape index (κ3) is 2.08.